The molecular formula is C25H26N2O. The molecule has 0 bridgehead atoms. The van der Waals surface area contributed by atoms with Crippen LogP contribution >= 0.6 is 0 Å². The largest absolute Gasteiger partial charge is 0.392 e. The zero-order chi connectivity index (χ0) is 20.0. The number of hydrogen-bond donors (Lipinski definition) is 2. The summed E-state index contributed by atoms with van der Waals surface area (Å²) in [5, 5.41) is 15.6. The number of hydrogen-bond acceptors (Lipinski definition) is 3. The molecule has 142 valence electrons. The Labute approximate surface area is 166 Å². The number of para-hydroxylation sites is 1. The number of anilines is 2. The van der Waals surface area contributed by atoms with Crippen molar-refractivity contribution < 1.29 is 5.11 Å². The Bertz CT molecular complexity index is 1220. The highest BCUT2D eigenvalue weighted by atomic mass is 16.3. The Balaban J connectivity index is 2.09. The predicted octanol–water partition coefficient (Wildman–Crippen LogP) is 6.17. The molecule has 4 rings (SSSR count). The average Bonchev–Trinajstić information content (AvgIpc) is 2.69. The van der Waals surface area contributed by atoms with Crippen LogP contribution in [-0.4, -0.2) is 10.1 Å². The van der Waals surface area contributed by atoms with Gasteiger partial charge in [0.2, 0.25) is 0 Å². The molecule has 0 unspecified atom stereocenters. The quantitative estimate of drug-likeness (QED) is 0.424. The Morgan fingerprint density at radius 3 is 2.32 bits per heavy atom. The van der Waals surface area contributed by atoms with Gasteiger partial charge in [-0.05, 0) is 86.2 Å². The minimum atomic E-state index is 0.0324. The van der Waals surface area contributed by atoms with E-state index >= 15 is 0 Å². The Morgan fingerprint density at radius 1 is 0.857 bits per heavy atom. The highest BCUT2D eigenvalue weighted by Gasteiger charge is 2.17. The second kappa shape index (κ2) is 6.92. The van der Waals surface area contributed by atoms with Crippen LogP contribution in [0.4, 0.5) is 11.4 Å². The molecule has 3 aromatic carbocycles. The average molecular weight is 370 g/mol. The molecule has 0 fully saturated rings. The van der Waals surface area contributed by atoms with Gasteiger partial charge >= 0.3 is 0 Å². The number of fused-ring (bicyclic) bond motifs is 2. The van der Waals surface area contributed by atoms with E-state index in [1.54, 1.807) is 0 Å². The molecule has 0 saturated heterocycles. The number of aromatic nitrogens is 1. The van der Waals surface area contributed by atoms with E-state index < -0.39 is 0 Å². The fourth-order valence-corrected chi connectivity index (χ4v) is 4.08. The van der Waals surface area contributed by atoms with Gasteiger partial charge in [0.15, 0.2) is 0 Å². The monoisotopic (exact) mass is 370 g/mol. The number of benzene rings is 3. The van der Waals surface area contributed by atoms with Crippen LogP contribution in [0.15, 0.2) is 42.5 Å². The van der Waals surface area contributed by atoms with Crippen molar-refractivity contribution in [2.24, 2.45) is 0 Å². The SMILES string of the molecule is Cc1cc(CO)cc(Nc2c3ccccc3nc3c(C)c(C)c(C)c(C)c23)c1. The molecule has 3 nitrogen and oxygen atoms in total. The van der Waals surface area contributed by atoms with Crippen molar-refractivity contribution in [1.82, 2.24) is 4.98 Å². The fourth-order valence-electron chi connectivity index (χ4n) is 4.08. The summed E-state index contributed by atoms with van der Waals surface area (Å²) in [6.45, 7) is 10.8. The number of aryl methyl sites for hydroxylation is 3. The van der Waals surface area contributed by atoms with Crippen LogP contribution in [0, 0.1) is 34.6 Å². The highest BCUT2D eigenvalue weighted by Crippen LogP contribution is 2.39. The minimum absolute atomic E-state index is 0.0324. The molecule has 0 aliphatic rings. The van der Waals surface area contributed by atoms with Crippen molar-refractivity contribution in [3.05, 3.63) is 75.8 Å². The lowest BCUT2D eigenvalue weighted by Crippen LogP contribution is -2.02. The molecule has 0 saturated carbocycles. The van der Waals surface area contributed by atoms with Gasteiger partial charge in [-0.2, -0.15) is 0 Å². The second-order valence-corrected chi connectivity index (χ2v) is 7.72. The van der Waals surface area contributed by atoms with E-state index in [2.05, 4.69) is 64.2 Å². The summed E-state index contributed by atoms with van der Waals surface area (Å²) in [4.78, 5) is 5.01. The summed E-state index contributed by atoms with van der Waals surface area (Å²) in [6, 6.07) is 14.4. The molecule has 3 heteroatoms. The molecule has 1 heterocycles. The van der Waals surface area contributed by atoms with Gasteiger partial charge < -0.3 is 10.4 Å². The first-order valence-corrected chi connectivity index (χ1v) is 9.68. The van der Waals surface area contributed by atoms with Crippen molar-refractivity contribution in [3.63, 3.8) is 0 Å². The number of aliphatic hydroxyl groups is 1. The topological polar surface area (TPSA) is 45.1 Å². The molecule has 2 N–H and O–H groups in total. The maximum absolute atomic E-state index is 9.61. The van der Waals surface area contributed by atoms with Crippen LogP contribution < -0.4 is 5.32 Å². The summed E-state index contributed by atoms with van der Waals surface area (Å²) in [6.07, 6.45) is 0. The molecule has 0 aliphatic carbocycles. The zero-order valence-electron chi connectivity index (χ0n) is 17.1. The van der Waals surface area contributed by atoms with E-state index in [1.807, 2.05) is 18.2 Å². The number of nitrogens with one attached hydrogen (secondary N) is 1. The second-order valence-electron chi connectivity index (χ2n) is 7.72. The highest BCUT2D eigenvalue weighted by molar-refractivity contribution is 6.11. The third kappa shape index (κ3) is 2.92. The van der Waals surface area contributed by atoms with Gasteiger partial charge in [0.25, 0.3) is 0 Å². The lowest BCUT2D eigenvalue weighted by Gasteiger charge is -2.20. The lowest BCUT2D eigenvalue weighted by molar-refractivity contribution is 0.282. The van der Waals surface area contributed by atoms with Crippen molar-refractivity contribution in [1.29, 1.82) is 0 Å². The number of aliphatic hydroxyl groups excluding tert-OH is 1. The molecule has 0 aliphatic heterocycles. The number of rotatable bonds is 3. The predicted molar refractivity (Wildman–Crippen MR) is 119 cm³/mol. The van der Waals surface area contributed by atoms with E-state index in [-0.39, 0.29) is 6.61 Å². The minimum Gasteiger partial charge on any atom is -0.392 e. The third-order valence-electron chi connectivity index (χ3n) is 5.90. The van der Waals surface area contributed by atoms with Gasteiger partial charge in [-0.1, -0.05) is 24.3 Å². The van der Waals surface area contributed by atoms with E-state index in [4.69, 9.17) is 4.98 Å². The molecule has 28 heavy (non-hydrogen) atoms. The molecular weight excluding hydrogens is 344 g/mol. The molecule has 0 atom stereocenters. The molecule has 0 amide bonds. The number of pyridine rings is 1. The van der Waals surface area contributed by atoms with Crippen molar-refractivity contribution in [2.75, 3.05) is 5.32 Å². The molecule has 4 aromatic rings. The van der Waals surface area contributed by atoms with Crippen LogP contribution in [0.3, 0.4) is 0 Å². The summed E-state index contributed by atoms with van der Waals surface area (Å²) < 4.78 is 0. The normalized spacial score (nSPS) is 11.4. The zero-order valence-corrected chi connectivity index (χ0v) is 17.1. The lowest BCUT2D eigenvalue weighted by atomic mass is 9.92. The van der Waals surface area contributed by atoms with E-state index in [0.717, 1.165) is 38.9 Å². The standard InChI is InChI=1S/C25H26N2O/c1-14-10-19(13-28)12-20(11-14)26-25-21-8-6-7-9-22(21)27-24-18(5)16(3)15(2)17(4)23(24)25/h6-12,28H,13H2,1-5H3,(H,26,27). The summed E-state index contributed by atoms with van der Waals surface area (Å²) in [7, 11) is 0. The van der Waals surface area contributed by atoms with Crippen LogP contribution in [0.1, 0.15) is 33.4 Å². The Morgan fingerprint density at radius 2 is 1.57 bits per heavy atom. The smallest absolute Gasteiger partial charge is 0.0765 e. The van der Waals surface area contributed by atoms with Gasteiger partial charge in [-0.3, -0.25) is 0 Å². The van der Waals surface area contributed by atoms with Crippen molar-refractivity contribution in [3.8, 4) is 0 Å². The van der Waals surface area contributed by atoms with Crippen molar-refractivity contribution in [2.45, 2.75) is 41.2 Å². The van der Waals surface area contributed by atoms with Crippen LogP contribution in [0.5, 0.6) is 0 Å². The van der Waals surface area contributed by atoms with Gasteiger partial charge in [0, 0.05) is 16.5 Å². The maximum Gasteiger partial charge on any atom is 0.0765 e. The summed E-state index contributed by atoms with van der Waals surface area (Å²) in [5.74, 6) is 0. The Kier molecular flexibility index (Phi) is 4.56. The first kappa shape index (κ1) is 18.5. The van der Waals surface area contributed by atoms with Crippen molar-refractivity contribution >= 4 is 33.2 Å². The molecule has 1 aromatic heterocycles. The first-order valence-electron chi connectivity index (χ1n) is 9.68. The van der Waals surface area contributed by atoms with E-state index in [0.29, 0.717) is 0 Å². The van der Waals surface area contributed by atoms with Gasteiger partial charge in [0.1, 0.15) is 0 Å². The molecule has 0 radical (unpaired) electrons. The summed E-state index contributed by atoms with van der Waals surface area (Å²) in [5.41, 5.74) is 11.2. The number of nitrogens with zero attached hydrogens (tertiary/aromatic N) is 1. The third-order valence-corrected chi connectivity index (χ3v) is 5.90. The van der Waals surface area contributed by atoms with Crippen LogP contribution in [0.25, 0.3) is 21.8 Å². The molecule has 0 spiro atoms. The van der Waals surface area contributed by atoms with E-state index in [1.165, 1.54) is 27.6 Å². The summed E-state index contributed by atoms with van der Waals surface area (Å²) >= 11 is 0. The Hall–Kier alpha value is -2.91. The van der Waals surface area contributed by atoms with Crippen LogP contribution in [-0.2, 0) is 6.61 Å². The van der Waals surface area contributed by atoms with Gasteiger partial charge in [-0.15, -0.1) is 0 Å². The maximum atomic E-state index is 9.61. The van der Waals surface area contributed by atoms with Crippen LogP contribution in [0.2, 0.25) is 0 Å². The van der Waals surface area contributed by atoms with E-state index in [9.17, 15) is 5.11 Å². The first-order chi connectivity index (χ1) is 13.4. The van der Waals surface area contributed by atoms with Gasteiger partial charge in [0.05, 0.1) is 23.3 Å². The van der Waals surface area contributed by atoms with Gasteiger partial charge in [-0.25, -0.2) is 4.98 Å². The fraction of sp³-hybridized carbons (Fsp3) is 0.240.